The van der Waals surface area contributed by atoms with Crippen molar-refractivity contribution in [1.29, 1.82) is 0 Å². The van der Waals surface area contributed by atoms with Crippen LogP contribution < -0.4 is 10.6 Å². The van der Waals surface area contributed by atoms with E-state index in [0.29, 0.717) is 0 Å². The number of fused-ring (bicyclic) bond motifs is 10. The van der Waals surface area contributed by atoms with Gasteiger partial charge in [0.15, 0.2) is 0 Å². The van der Waals surface area contributed by atoms with E-state index in [1.54, 1.807) is 0 Å². The molecule has 1 aromatic heterocycles. The van der Waals surface area contributed by atoms with E-state index in [9.17, 15) is 0 Å². The minimum Gasteiger partial charge on any atom is -0.313 e. The highest BCUT2D eigenvalue weighted by atomic mass is 31.2. The Labute approximate surface area is 188 Å². The molecule has 0 radical (unpaired) electrons. The van der Waals surface area contributed by atoms with E-state index in [1.807, 2.05) is 24.4 Å². The molecule has 3 heteroatoms. The highest BCUT2D eigenvalue weighted by Crippen LogP contribution is 2.61. The van der Waals surface area contributed by atoms with Gasteiger partial charge in [0.05, 0.1) is 5.52 Å². The maximum Gasteiger partial charge on any atom is 0.149 e. The summed E-state index contributed by atoms with van der Waals surface area (Å²) in [6, 6.07) is 29.2. The maximum absolute atomic E-state index is 15.2. The van der Waals surface area contributed by atoms with Gasteiger partial charge < -0.3 is 4.57 Å². The van der Waals surface area contributed by atoms with Crippen molar-refractivity contribution in [2.45, 2.75) is 25.9 Å². The Morgan fingerprint density at radius 1 is 0.625 bits per heavy atom. The molecule has 0 spiro atoms. The van der Waals surface area contributed by atoms with Crippen molar-refractivity contribution in [2.75, 3.05) is 0 Å². The molecule has 1 aliphatic heterocycles. The number of benzene rings is 4. The Morgan fingerprint density at radius 2 is 1.16 bits per heavy atom. The van der Waals surface area contributed by atoms with Crippen LogP contribution in [0.3, 0.4) is 0 Å². The lowest BCUT2D eigenvalue weighted by molar-refractivity contribution is 0.564. The van der Waals surface area contributed by atoms with Crippen molar-refractivity contribution < 1.29 is 4.57 Å². The molecule has 5 aromatic rings. The smallest absolute Gasteiger partial charge is 0.149 e. The van der Waals surface area contributed by atoms with Gasteiger partial charge in [-0.1, -0.05) is 99.6 Å². The van der Waals surface area contributed by atoms with E-state index in [2.05, 4.69) is 87.5 Å². The van der Waals surface area contributed by atoms with Crippen molar-refractivity contribution >= 4 is 39.4 Å². The second kappa shape index (κ2) is 6.64. The second-order valence-corrected chi connectivity index (χ2v) is 13.0. The lowest BCUT2D eigenvalue weighted by Gasteiger charge is -2.33. The zero-order valence-electron chi connectivity index (χ0n) is 18.5. The molecule has 0 saturated carbocycles. The van der Waals surface area contributed by atoms with Crippen LogP contribution in [0.2, 0.25) is 0 Å². The Balaban J connectivity index is 1.98. The molecule has 2 nitrogen and oxygen atoms in total. The molecular weight excluding hydrogens is 409 g/mol. The van der Waals surface area contributed by atoms with Gasteiger partial charge in [-0.25, -0.2) is 0 Å². The lowest BCUT2D eigenvalue weighted by Crippen LogP contribution is -2.31. The topological polar surface area (TPSA) is 30.0 Å². The van der Waals surface area contributed by atoms with Gasteiger partial charge >= 0.3 is 0 Å². The number of rotatable bonds is 0. The first-order valence-electron chi connectivity index (χ1n) is 11.0. The van der Waals surface area contributed by atoms with Crippen LogP contribution in [-0.2, 0) is 4.57 Å². The van der Waals surface area contributed by atoms with Crippen LogP contribution in [0.4, 0.5) is 0 Å². The van der Waals surface area contributed by atoms with Crippen molar-refractivity contribution in [3.63, 3.8) is 0 Å². The lowest BCUT2D eigenvalue weighted by atomic mass is 9.87. The summed E-state index contributed by atoms with van der Waals surface area (Å²) in [5.74, 6) is 0. The van der Waals surface area contributed by atoms with Crippen LogP contribution in [0, 0.1) is 0 Å². The normalized spacial score (nSPS) is 17.5. The Hall–Kier alpha value is -3.22. The number of nitrogens with zero attached hydrogens (tertiary/aromatic N) is 1. The first-order valence-corrected chi connectivity index (χ1v) is 12.7. The molecule has 0 saturated heterocycles. The third-order valence-electron chi connectivity index (χ3n) is 6.75. The molecule has 1 atom stereocenters. The van der Waals surface area contributed by atoms with Crippen LogP contribution in [-0.4, -0.2) is 10.1 Å². The largest absolute Gasteiger partial charge is 0.313 e. The van der Waals surface area contributed by atoms with Crippen LogP contribution >= 0.6 is 7.14 Å². The van der Waals surface area contributed by atoms with Gasteiger partial charge in [0.25, 0.3) is 0 Å². The highest BCUT2D eigenvalue weighted by Gasteiger charge is 2.45. The van der Waals surface area contributed by atoms with E-state index in [-0.39, 0.29) is 0 Å². The predicted octanol–water partition coefficient (Wildman–Crippen LogP) is 7.15. The number of hydrogen-bond acceptors (Lipinski definition) is 2. The fraction of sp³-hybridized carbons (Fsp3) is 0.138. The summed E-state index contributed by atoms with van der Waals surface area (Å²) in [5.41, 5.74) is 5.28. The third-order valence-corrected chi connectivity index (χ3v) is 10.8. The first kappa shape index (κ1) is 19.5. The van der Waals surface area contributed by atoms with Gasteiger partial charge in [-0.2, -0.15) is 0 Å². The SMILES string of the molecule is CC(C)(C)P1(=O)c2ccccc2-c2c(c3ncccc3c3ccccc23)-c2ccccc21. The van der Waals surface area contributed by atoms with E-state index in [0.717, 1.165) is 43.8 Å². The number of pyridine rings is 1. The van der Waals surface area contributed by atoms with Gasteiger partial charge in [0, 0.05) is 38.5 Å². The van der Waals surface area contributed by atoms with Gasteiger partial charge in [-0.3, -0.25) is 4.98 Å². The van der Waals surface area contributed by atoms with Gasteiger partial charge in [0.1, 0.15) is 7.14 Å². The second-order valence-electron chi connectivity index (χ2n) is 9.51. The molecule has 32 heavy (non-hydrogen) atoms. The van der Waals surface area contributed by atoms with Crippen LogP contribution in [0.5, 0.6) is 0 Å². The summed E-state index contributed by atoms with van der Waals surface area (Å²) in [5, 5.41) is 4.92. The summed E-state index contributed by atoms with van der Waals surface area (Å²) in [6.07, 6.45) is 1.86. The van der Waals surface area contributed by atoms with Crippen molar-refractivity contribution in [2.24, 2.45) is 0 Å². The monoisotopic (exact) mass is 433 g/mol. The molecule has 0 N–H and O–H groups in total. The van der Waals surface area contributed by atoms with Crippen LogP contribution in [0.1, 0.15) is 20.8 Å². The molecule has 0 bridgehead atoms. The molecule has 1 unspecified atom stereocenters. The van der Waals surface area contributed by atoms with Crippen molar-refractivity contribution in [1.82, 2.24) is 4.98 Å². The van der Waals surface area contributed by atoms with E-state index >= 15 is 4.57 Å². The Kier molecular flexibility index (Phi) is 4.04. The first-order chi connectivity index (χ1) is 15.4. The zero-order valence-corrected chi connectivity index (χ0v) is 19.4. The van der Waals surface area contributed by atoms with Gasteiger partial charge in [-0.15, -0.1) is 0 Å². The summed E-state index contributed by atoms with van der Waals surface area (Å²) < 4.78 is 15.2. The summed E-state index contributed by atoms with van der Waals surface area (Å²) in [4.78, 5) is 4.88. The van der Waals surface area contributed by atoms with E-state index < -0.39 is 12.3 Å². The molecule has 156 valence electrons. The molecular formula is C29H24NOP. The predicted molar refractivity (Wildman–Crippen MR) is 137 cm³/mol. The molecule has 4 aromatic carbocycles. The molecule has 0 fully saturated rings. The Bertz CT molecular complexity index is 1480. The van der Waals surface area contributed by atoms with Crippen LogP contribution in [0.15, 0.2) is 91.1 Å². The minimum atomic E-state index is -2.99. The fourth-order valence-electron chi connectivity index (χ4n) is 5.32. The minimum absolute atomic E-state index is 0.430. The summed E-state index contributed by atoms with van der Waals surface area (Å²) in [6.45, 7) is 6.31. The zero-order chi connectivity index (χ0) is 22.1. The van der Waals surface area contributed by atoms with Crippen molar-refractivity contribution in [3.05, 3.63) is 91.1 Å². The number of hydrogen-bond donors (Lipinski definition) is 0. The molecule has 6 rings (SSSR count). The standard InChI is InChI=1S/C29H24NOP/c1-29(2,3)32(31)24-16-8-6-13-22(24)26-20-12-5-4-11-19(20)21-15-10-18-30-28(21)27(26)23-14-7-9-17-25(23)32/h4-18H,1-3H3. The molecule has 2 heterocycles. The molecule has 0 amide bonds. The van der Waals surface area contributed by atoms with Gasteiger partial charge in [0.2, 0.25) is 0 Å². The molecule has 0 aliphatic carbocycles. The van der Waals surface area contributed by atoms with Crippen LogP contribution in [0.25, 0.3) is 43.9 Å². The average molecular weight is 433 g/mol. The summed E-state index contributed by atoms with van der Waals surface area (Å²) >= 11 is 0. The fourth-order valence-corrected chi connectivity index (χ4v) is 8.67. The van der Waals surface area contributed by atoms with E-state index in [1.165, 1.54) is 10.8 Å². The summed E-state index contributed by atoms with van der Waals surface area (Å²) in [7, 11) is -2.99. The third kappa shape index (κ3) is 2.42. The number of aromatic nitrogens is 1. The average Bonchev–Trinajstić information content (AvgIpc) is 2.92. The van der Waals surface area contributed by atoms with E-state index in [4.69, 9.17) is 4.98 Å². The molecule has 1 aliphatic rings. The van der Waals surface area contributed by atoms with Gasteiger partial charge in [-0.05, 0) is 28.0 Å². The maximum atomic E-state index is 15.2. The van der Waals surface area contributed by atoms with Crippen molar-refractivity contribution in [3.8, 4) is 22.3 Å². The Morgan fingerprint density at radius 3 is 1.81 bits per heavy atom. The quantitative estimate of drug-likeness (QED) is 0.192. The highest BCUT2D eigenvalue weighted by molar-refractivity contribution is 7.80.